The van der Waals surface area contributed by atoms with Gasteiger partial charge in [0.25, 0.3) is 0 Å². The summed E-state index contributed by atoms with van der Waals surface area (Å²) in [6, 6.07) is 1.80. The van der Waals surface area contributed by atoms with Crippen LogP contribution in [-0.2, 0) is 4.74 Å². The number of ether oxygens (including phenoxy) is 1. The number of carbonyl (C=O) groups excluding carboxylic acids is 1. The van der Waals surface area contributed by atoms with Crippen LogP contribution < -0.4 is 0 Å². The van der Waals surface area contributed by atoms with Crippen molar-refractivity contribution in [2.24, 2.45) is 0 Å². The highest BCUT2D eigenvalue weighted by Gasteiger charge is 2.09. The van der Waals surface area contributed by atoms with Crippen molar-refractivity contribution in [3.05, 3.63) is 40.3 Å². The summed E-state index contributed by atoms with van der Waals surface area (Å²) >= 11 is 1.64. The second-order valence-corrected chi connectivity index (χ2v) is 4.17. The average Bonchev–Trinajstić information content (AvgIpc) is 2.74. The molecule has 0 radical (unpaired) electrons. The number of hydrogen-bond acceptors (Lipinski definition) is 4. The van der Waals surface area contributed by atoms with E-state index in [1.54, 1.807) is 23.6 Å². The van der Waals surface area contributed by atoms with E-state index >= 15 is 0 Å². The fourth-order valence-corrected chi connectivity index (χ4v) is 2.33. The Morgan fingerprint density at radius 1 is 1.38 bits per heavy atom. The summed E-state index contributed by atoms with van der Waals surface area (Å²) < 4.78 is 4.66. The molecule has 2 aromatic heterocycles. The van der Waals surface area contributed by atoms with Gasteiger partial charge in [-0.05, 0) is 34.9 Å². The summed E-state index contributed by atoms with van der Waals surface area (Å²) in [6.45, 7) is 2.04. The molecule has 0 aliphatic carbocycles. The normalized spacial score (nSPS) is 10.1. The summed E-state index contributed by atoms with van der Waals surface area (Å²) in [5.74, 6) is -0.359. The molecule has 0 aromatic carbocycles. The van der Waals surface area contributed by atoms with Crippen LogP contribution >= 0.6 is 11.3 Å². The number of rotatable bonds is 2. The van der Waals surface area contributed by atoms with E-state index in [0.29, 0.717) is 5.56 Å². The quantitative estimate of drug-likeness (QED) is 0.749. The van der Waals surface area contributed by atoms with Gasteiger partial charge < -0.3 is 4.74 Å². The van der Waals surface area contributed by atoms with Gasteiger partial charge in [-0.1, -0.05) is 0 Å². The maximum absolute atomic E-state index is 11.4. The molecule has 0 amide bonds. The van der Waals surface area contributed by atoms with Crippen molar-refractivity contribution < 1.29 is 9.53 Å². The average molecular weight is 233 g/mol. The van der Waals surface area contributed by atoms with Gasteiger partial charge in [0.05, 0.1) is 12.7 Å². The molecule has 0 saturated carbocycles. The van der Waals surface area contributed by atoms with E-state index in [1.807, 2.05) is 12.3 Å². The summed E-state index contributed by atoms with van der Waals surface area (Å²) in [6.07, 6.45) is 3.26. The lowest BCUT2D eigenvalue weighted by atomic mass is 10.1. The smallest absolute Gasteiger partial charge is 0.339 e. The fourth-order valence-electron chi connectivity index (χ4n) is 1.47. The standard InChI is InChI=1S/C12H11NO2S/c1-8-6-16-7-11(8)9-3-10(5-13-4-9)12(14)15-2/h3-7H,1-2H3. The van der Waals surface area contributed by atoms with Gasteiger partial charge in [-0.15, -0.1) is 0 Å². The van der Waals surface area contributed by atoms with Crippen LogP contribution in [0, 0.1) is 6.92 Å². The van der Waals surface area contributed by atoms with Gasteiger partial charge in [-0.3, -0.25) is 4.98 Å². The topological polar surface area (TPSA) is 39.2 Å². The number of thiophene rings is 1. The highest BCUT2D eigenvalue weighted by Crippen LogP contribution is 2.26. The molecule has 16 heavy (non-hydrogen) atoms. The van der Waals surface area contributed by atoms with E-state index < -0.39 is 0 Å². The summed E-state index contributed by atoms with van der Waals surface area (Å²) in [4.78, 5) is 15.4. The highest BCUT2D eigenvalue weighted by molar-refractivity contribution is 7.08. The monoisotopic (exact) mass is 233 g/mol. The molecule has 2 rings (SSSR count). The van der Waals surface area contributed by atoms with Crippen molar-refractivity contribution in [3.8, 4) is 11.1 Å². The van der Waals surface area contributed by atoms with Crippen molar-refractivity contribution in [2.45, 2.75) is 6.92 Å². The SMILES string of the molecule is COC(=O)c1cncc(-c2cscc2C)c1. The van der Waals surface area contributed by atoms with Crippen LogP contribution in [-0.4, -0.2) is 18.1 Å². The molecule has 0 bridgehead atoms. The summed E-state index contributed by atoms with van der Waals surface area (Å²) in [7, 11) is 1.37. The molecule has 82 valence electrons. The molecule has 0 spiro atoms. The van der Waals surface area contributed by atoms with Crippen molar-refractivity contribution in [1.29, 1.82) is 0 Å². The van der Waals surface area contributed by atoms with Gasteiger partial charge in [0, 0.05) is 18.0 Å². The predicted octanol–water partition coefficient (Wildman–Crippen LogP) is 2.91. The third-order valence-corrected chi connectivity index (χ3v) is 3.19. The Morgan fingerprint density at radius 3 is 2.81 bits per heavy atom. The minimum Gasteiger partial charge on any atom is -0.465 e. The van der Waals surface area contributed by atoms with Crippen LogP contribution in [0.15, 0.2) is 29.2 Å². The molecule has 2 aromatic rings. The van der Waals surface area contributed by atoms with Crippen LogP contribution in [0.5, 0.6) is 0 Å². The van der Waals surface area contributed by atoms with Gasteiger partial charge >= 0.3 is 5.97 Å². The second-order valence-electron chi connectivity index (χ2n) is 3.42. The van der Waals surface area contributed by atoms with E-state index in [0.717, 1.165) is 11.1 Å². The fraction of sp³-hybridized carbons (Fsp3) is 0.167. The zero-order valence-corrected chi connectivity index (χ0v) is 9.88. The molecule has 0 saturated heterocycles. The third kappa shape index (κ3) is 1.97. The van der Waals surface area contributed by atoms with Crippen LogP contribution in [0.1, 0.15) is 15.9 Å². The molecule has 0 fully saturated rings. The van der Waals surface area contributed by atoms with E-state index in [1.165, 1.54) is 18.9 Å². The molecule has 0 N–H and O–H groups in total. The Bertz CT molecular complexity index is 519. The number of esters is 1. The van der Waals surface area contributed by atoms with Gasteiger partial charge in [0.15, 0.2) is 0 Å². The minimum absolute atomic E-state index is 0.359. The predicted molar refractivity (Wildman–Crippen MR) is 63.6 cm³/mol. The molecule has 0 aliphatic rings. The lowest BCUT2D eigenvalue weighted by Gasteiger charge is -2.02. The van der Waals surface area contributed by atoms with Gasteiger partial charge in [-0.2, -0.15) is 11.3 Å². The summed E-state index contributed by atoms with van der Waals surface area (Å²) in [5, 5.41) is 4.12. The number of nitrogens with zero attached hydrogens (tertiary/aromatic N) is 1. The first-order valence-corrected chi connectivity index (χ1v) is 5.73. The number of pyridine rings is 1. The number of carbonyl (C=O) groups is 1. The van der Waals surface area contributed by atoms with Crippen molar-refractivity contribution in [1.82, 2.24) is 4.98 Å². The Balaban J connectivity index is 2.44. The molecule has 2 heterocycles. The maximum Gasteiger partial charge on any atom is 0.339 e. The van der Waals surface area contributed by atoms with Crippen molar-refractivity contribution in [2.75, 3.05) is 7.11 Å². The molecule has 0 unspecified atom stereocenters. The van der Waals surface area contributed by atoms with Gasteiger partial charge in [0.2, 0.25) is 0 Å². The van der Waals surface area contributed by atoms with Crippen molar-refractivity contribution in [3.63, 3.8) is 0 Å². The Morgan fingerprint density at radius 2 is 2.19 bits per heavy atom. The molecule has 3 nitrogen and oxygen atoms in total. The van der Waals surface area contributed by atoms with Crippen LogP contribution in [0.3, 0.4) is 0 Å². The van der Waals surface area contributed by atoms with Crippen molar-refractivity contribution >= 4 is 17.3 Å². The zero-order valence-electron chi connectivity index (χ0n) is 9.06. The lowest BCUT2D eigenvalue weighted by Crippen LogP contribution is -2.01. The zero-order chi connectivity index (χ0) is 11.5. The maximum atomic E-state index is 11.4. The largest absolute Gasteiger partial charge is 0.465 e. The van der Waals surface area contributed by atoms with Gasteiger partial charge in [0.1, 0.15) is 0 Å². The molecule has 4 heteroatoms. The molecule has 0 aliphatic heterocycles. The first-order valence-electron chi connectivity index (χ1n) is 4.79. The van der Waals surface area contributed by atoms with Crippen LogP contribution in [0.2, 0.25) is 0 Å². The lowest BCUT2D eigenvalue weighted by molar-refractivity contribution is 0.0600. The molecular weight excluding hydrogens is 222 g/mol. The number of hydrogen-bond donors (Lipinski definition) is 0. The molecule has 0 atom stereocenters. The first kappa shape index (κ1) is 10.8. The van der Waals surface area contributed by atoms with E-state index in [4.69, 9.17) is 0 Å². The number of methoxy groups -OCH3 is 1. The minimum atomic E-state index is -0.359. The number of aromatic nitrogens is 1. The third-order valence-electron chi connectivity index (χ3n) is 2.33. The number of aryl methyl sites for hydroxylation is 1. The van der Waals surface area contributed by atoms with E-state index in [-0.39, 0.29) is 5.97 Å². The van der Waals surface area contributed by atoms with Crippen LogP contribution in [0.25, 0.3) is 11.1 Å². The highest BCUT2D eigenvalue weighted by atomic mass is 32.1. The second kappa shape index (κ2) is 4.45. The Labute approximate surface area is 97.7 Å². The first-order chi connectivity index (χ1) is 7.72. The Kier molecular flexibility index (Phi) is 3.01. The van der Waals surface area contributed by atoms with Crippen LogP contribution in [0.4, 0.5) is 0 Å². The summed E-state index contributed by atoms with van der Waals surface area (Å²) in [5.41, 5.74) is 3.73. The Hall–Kier alpha value is -1.68. The van der Waals surface area contributed by atoms with E-state index in [2.05, 4.69) is 15.1 Å². The molecular formula is C12H11NO2S. The van der Waals surface area contributed by atoms with E-state index in [9.17, 15) is 4.79 Å². The van der Waals surface area contributed by atoms with Gasteiger partial charge in [-0.25, -0.2) is 4.79 Å².